The van der Waals surface area contributed by atoms with Crippen LogP contribution in [0.25, 0.3) is 24.3 Å². The highest BCUT2D eigenvalue weighted by atomic mass is 31.2. The summed E-state index contributed by atoms with van der Waals surface area (Å²) in [6.45, 7) is 1.85. The number of aromatic hydroxyl groups is 1. The van der Waals surface area contributed by atoms with E-state index < -0.39 is 30.8 Å². The summed E-state index contributed by atoms with van der Waals surface area (Å²) in [6.07, 6.45) is 6.28. The highest BCUT2D eigenvalue weighted by molar-refractivity contribution is 7.48. The molecule has 2 N–H and O–H groups in total. The molecule has 0 amide bonds. The number of hydrogen-bond donors (Lipinski definition) is 2. The molecule has 0 heterocycles. The summed E-state index contributed by atoms with van der Waals surface area (Å²) in [5.74, 6) is -0.271. The minimum Gasteiger partial charge on any atom is -0.867 e. The number of benzene rings is 4. The largest absolute Gasteiger partial charge is 0.867 e. The van der Waals surface area contributed by atoms with Gasteiger partial charge in [0.05, 0.1) is 49.8 Å². The Kier molecular flexibility index (Phi) is 12.0. The monoisotopic (exact) mass is 709 g/mol. The lowest BCUT2D eigenvalue weighted by molar-refractivity contribution is -0.271. The fourth-order valence-electron chi connectivity index (χ4n) is 4.93. The van der Waals surface area contributed by atoms with E-state index in [0.717, 1.165) is 5.56 Å². The maximum absolute atomic E-state index is 13.6. The molecule has 0 radical (unpaired) electrons. The van der Waals surface area contributed by atoms with Crippen molar-refractivity contribution in [3.63, 3.8) is 0 Å². The molecular formula is C36H38O13P-. The van der Waals surface area contributed by atoms with Crippen LogP contribution in [0.15, 0.2) is 48.5 Å². The minimum absolute atomic E-state index is 0.0524. The maximum atomic E-state index is 13.6. The molecule has 0 aromatic heterocycles. The van der Waals surface area contributed by atoms with E-state index in [4.69, 9.17) is 42.2 Å². The third-order valence-corrected chi connectivity index (χ3v) is 8.28. The fourth-order valence-corrected chi connectivity index (χ4v) is 5.81. The molecular weight excluding hydrogens is 671 g/mol. The molecule has 0 saturated carbocycles. The van der Waals surface area contributed by atoms with Gasteiger partial charge in [0.1, 0.15) is 23.0 Å². The molecule has 0 spiro atoms. The van der Waals surface area contributed by atoms with Crippen LogP contribution in [0.2, 0.25) is 0 Å². The predicted octanol–water partition coefficient (Wildman–Crippen LogP) is 6.73. The quantitative estimate of drug-likeness (QED) is 0.0987. The number of phosphoric acid groups is 1. The third-order valence-electron chi connectivity index (χ3n) is 7.46. The number of ether oxygens (including phenoxy) is 7. The molecule has 1 atom stereocenters. The second-order valence-corrected chi connectivity index (χ2v) is 11.7. The number of rotatable bonds is 15. The molecule has 266 valence electrons. The van der Waals surface area contributed by atoms with Crippen LogP contribution in [0.3, 0.4) is 0 Å². The van der Waals surface area contributed by atoms with Gasteiger partial charge in [-0.3, -0.25) is 4.89 Å². The van der Waals surface area contributed by atoms with E-state index in [-0.39, 0.29) is 22.6 Å². The summed E-state index contributed by atoms with van der Waals surface area (Å²) in [5, 5.41) is 24.3. The molecule has 1 unspecified atom stereocenters. The summed E-state index contributed by atoms with van der Waals surface area (Å²) in [4.78, 5) is 11.0. The van der Waals surface area contributed by atoms with Gasteiger partial charge in [-0.05, 0) is 72.3 Å². The highest BCUT2D eigenvalue weighted by Gasteiger charge is 2.31. The summed E-state index contributed by atoms with van der Waals surface area (Å²) in [7, 11) is 4.87. The Labute approximate surface area is 290 Å². The van der Waals surface area contributed by atoms with Gasteiger partial charge in [-0.15, -0.1) is 0 Å². The first-order chi connectivity index (χ1) is 23.9. The van der Waals surface area contributed by atoms with Gasteiger partial charge in [0, 0.05) is 16.7 Å². The first-order valence-electron chi connectivity index (χ1n) is 14.8. The number of phosphoric ester groups is 1. The lowest BCUT2D eigenvalue weighted by Crippen LogP contribution is -2.06. The van der Waals surface area contributed by atoms with Crippen LogP contribution >= 0.6 is 7.82 Å². The molecule has 0 saturated heterocycles. The lowest BCUT2D eigenvalue weighted by Gasteiger charge is -2.23. The van der Waals surface area contributed by atoms with Crippen molar-refractivity contribution in [1.82, 2.24) is 0 Å². The molecule has 0 aliphatic rings. The van der Waals surface area contributed by atoms with E-state index >= 15 is 0 Å². The van der Waals surface area contributed by atoms with Crippen LogP contribution in [-0.2, 0) is 4.57 Å². The number of phenols is 1. The number of methoxy groups -OCH3 is 7. The molecule has 50 heavy (non-hydrogen) atoms. The summed E-state index contributed by atoms with van der Waals surface area (Å²) in [6, 6.07) is 12.7. The molecule has 0 aliphatic carbocycles. The van der Waals surface area contributed by atoms with Gasteiger partial charge in [-0.1, -0.05) is 24.3 Å². The summed E-state index contributed by atoms with van der Waals surface area (Å²) >= 11 is 0. The Balaban J connectivity index is 1.74. The first-order valence-corrected chi connectivity index (χ1v) is 16.3. The van der Waals surface area contributed by atoms with Crippen molar-refractivity contribution in [1.29, 1.82) is 0 Å². The fraction of sp³-hybridized carbons (Fsp3) is 0.222. The smallest absolute Gasteiger partial charge is 0.585 e. The van der Waals surface area contributed by atoms with Crippen molar-refractivity contribution in [2.45, 2.75) is 6.92 Å². The topological polar surface area (TPSA) is 164 Å². The number of phenolic OH excluding ortho intramolecular Hbond substituents is 1. The van der Waals surface area contributed by atoms with Gasteiger partial charge in [-0.25, -0.2) is 4.57 Å². The van der Waals surface area contributed by atoms with Crippen molar-refractivity contribution in [2.75, 3.05) is 49.8 Å². The normalized spacial score (nSPS) is 12.3. The summed E-state index contributed by atoms with van der Waals surface area (Å²) in [5.41, 5.74) is 2.32. The summed E-state index contributed by atoms with van der Waals surface area (Å²) < 4.78 is 61.9. The van der Waals surface area contributed by atoms with E-state index in [1.807, 2.05) is 6.92 Å². The zero-order valence-electron chi connectivity index (χ0n) is 28.8. The van der Waals surface area contributed by atoms with Crippen LogP contribution in [-0.4, -0.2) is 59.8 Å². The second kappa shape index (κ2) is 16.2. The van der Waals surface area contributed by atoms with Crippen LogP contribution in [0, 0.1) is 6.92 Å². The van der Waals surface area contributed by atoms with Crippen molar-refractivity contribution in [2.24, 2.45) is 0 Å². The van der Waals surface area contributed by atoms with Crippen LogP contribution < -0.4 is 47.3 Å². The average Bonchev–Trinajstić information content (AvgIpc) is 3.11. The molecule has 4 rings (SSSR count). The van der Waals surface area contributed by atoms with Gasteiger partial charge in [0.25, 0.3) is 0 Å². The molecule has 4 aromatic carbocycles. The standard InChI is InChI=1S/C36H39O13P/c1-21-28(43-4)17-22(18-29(21)44-5)9-11-24-13-15-26(41-2)32(37)34(24)48-50(39,40)49-35-25(14-16-27(42-3)33(35)38)12-10-23-19-30(45-6)36(47-8)31(20-23)46-7/h9-20,37-38H,1-8H3,(H,39,40)/p-1/b11-9-,12-10-. The maximum Gasteiger partial charge on any atom is 0.585 e. The van der Waals surface area contributed by atoms with Crippen molar-refractivity contribution in [3.8, 4) is 63.2 Å². The van der Waals surface area contributed by atoms with Crippen molar-refractivity contribution < 1.29 is 61.9 Å². The van der Waals surface area contributed by atoms with Gasteiger partial charge in [-0.2, -0.15) is 0 Å². The third kappa shape index (κ3) is 8.13. The molecule has 14 heteroatoms. The Morgan fingerprint density at radius 3 is 1.44 bits per heavy atom. The van der Waals surface area contributed by atoms with Crippen LogP contribution in [0.4, 0.5) is 0 Å². The van der Waals surface area contributed by atoms with E-state index in [2.05, 4.69) is 0 Å². The van der Waals surface area contributed by atoms with Gasteiger partial charge in [0.2, 0.25) is 11.5 Å². The van der Waals surface area contributed by atoms with E-state index in [0.29, 0.717) is 39.9 Å². The van der Waals surface area contributed by atoms with Crippen LogP contribution in [0.1, 0.15) is 27.8 Å². The van der Waals surface area contributed by atoms with E-state index in [1.165, 1.54) is 86.2 Å². The second-order valence-electron chi connectivity index (χ2n) is 10.4. The van der Waals surface area contributed by atoms with Crippen LogP contribution in [0.5, 0.6) is 63.2 Å². The Bertz CT molecular complexity index is 1900. The minimum atomic E-state index is -5.20. The van der Waals surface area contributed by atoms with E-state index in [1.54, 1.807) is 36.4 Å². The van der Waals surface area contributed by atoms with Crippen molar-refractivity contribution >= 4 is 32.1 Å². The Hall–Kier alpha value is -5.65. The Morgan fingerprint density at radius 1 is 0.560 bits per heavy atom. The molecule has 0 fully saturated rings. The van der Waals surface area contributed by atoms with Gasteiger partial charge < -0.3 is 52.4 Å². The number of hydrogen-bond acceptors (Lipinski definition) is 12. The zero-order valence-corrected chi connectivity index (χ0v) is 29.7. The molecule has 13 nitrogen and oxygen atoms in total. The lowest BCUT2D eigenvalue weighted by atomic mass is 10.1. The highest BCUT2D eigenvalue weighted by Crippen LogP contribution is 2.53. The van der Waals surface area contributed by atoms with Crippen molar-refractivity contribution in [3.05, 3.63) is 76.3 Å². The van der Waals surface area contributed by atoms with E-state index in [9.17, 15) is 19.7 Å². The molecule has 4 aromatic rings. The zero-order chi connectivity index (χ0) is 36.6. The SMILES string of the molecule is COc1cc(/C=C\c2ccc(OC)c([O-])c2OP(=O)(O)Oc2c(/C=C\c3cc(OC)c(OC)c(OC)c3)ccc(OC)c2O)cc(OC)c1C. The molecule has 0 bridgehead atoms. The van der Waals surface area contributed by atoms with Gasteiger partial charge in [0.15, 0.2) is 23.0 Å². The predicted molar refractivity (Wildman–Crippen MR) is 186 cm³/mol. The molecule has 0 aliphatic heterocycles. The average molecular weight is 710 g/mol. The first kappa shape index (κ1) is 37.2. The Morgan fingerprint density at radius 2 is 0.980 bits per heavy atom. The van der Waals surface area contributed by atoms with Gasteiger partial charge >= 0.3 is 7.82 Å².